The maximum atomic E-state index is 3.89. The van der Waals surface area contributed by atoms with Gasteiger partial charge < -0.3 is 0 Å². The van der Waals surface area contributed by atoms with Gasteiger partial charge in [0.05, 0.1) is 0 Å². The van der Waals surface area contributed by atoms with Gasteiger partial charge in [-0.3, -0.25) is 0 Å². The fourth-order valence-corrected chi connectivity index (χ4v) is 2.70. The zero-order chi connectivity index (χ0) is 15.4. The molecule has 0 aliphatic heterocycles. The van der Waals surface area contributed by atoms with Crippen molar-refractivity contribution < 1.29 is 0 Å². The smallest absolute Gasteiger partial charge is 0.0351 e. The molecule has 21 heavy (non-hydrogen) atoms. The Bertz CT molecular complexity index is 192. The van der Waals surface area contributed by atoms with Crippen LogP contribution in [0.2, 0.25) is 0 Å². The fourth-order valence-electron chi connectivity index (χ4n) is 2.70. The predicted molar refractivity (Wildman–Crippen MR) is 98.3 cm³/mol. The van der Waals surface area contributed by atoms with E-state index in [0.29, 0.717) is 0 Å². The molecular weight excluding hydrogens is 252 g/mol. The van der Waals surface area contributed by atoms with E-state index in [1.165, 1.54) is 96.3 Å². The van der Waals surface area contributed by atoms with E-state index in [4.69, 9.17) is 0 Å². The van der Waals surface area contributed by atoms with E-state index in [-0.39, 0.29) is 0 Å². The lowest BCUT2D eigenvalue weighted by Gasteiger charge is -2.00. The van der Waals surface area contributed by atoms with Crippen LogP contribution < -0.4 is 0 Å². The van der Waals surface area contributed by atoms with Crippen LogP contribution in [0.3, 0.4) is 0 Å². The lowest BCUT2D eigenvalue weighted by atomic mass is 10.1. The fraction of sp³-hybridized carbons (Fsp3) is 0.810. The number of hydrogen-bond donors (Lipinski definition) is 0. The van der Waals surface area contributed by atoms with Crippen molar-refractivity contribution in [3.05, 3.63) is 26.0 Å². The van der Waals surface area contributed by atoms with Crippen LogP contribution in [0.5, 0.6) is 0 Å². The van der Waals surface area contributed by atoms with Crippen LogP contribution in [-0.4, -0.2) is 0 Å². The van der Waals surface area contributed by atoms with Gasteiger partial charge in [-0.25, -0.2) is 0 Å². The van der Waals surface area contributed by atoms with Crippen molar-refractivity contribution in [2.45, 2.75) is 109 Å². The highest BCUT2D eigenvalue weighted by atomic mass is 14.0. The van der Waals surface area contributed by atoms with Crippen LogP contribution in [0.15, 0.2) is 12.2 Å². The molecule has 0 aromatic rings. The third kappa shape index (κ3) is 19.7. The minimum atomic E-state index is 1.11. The molecule has 0 saturated heterocycles. The minimum absolute atomic E-state index is 1.11. The summed E-state index contributed by atoms with van der Waals surface area (Å²) in [6.45, 7) is 7.77. The van der Waals surface area contributed by atoms with E-state index < -0.39 is 0 Å². The van der Waals surface area contributed by atoms with E-state index in [1.807, 2.05) is 0 Å². The Balaban J connectivity index is 3.02. The number of hydrogen-bond acceptors (Lipinski definition) is 0. The van der Waals surface area contributed by atoms with Crippen LogP contribution in [0.25, 0.3) is 0 Å². The molecule has 2 radical (unpaired) electrons. The maximum Gasteiger partial charge on any atom is -0.0351 e. The van der Waals surface area contributed by atoms with Crippen LogP contribution in [0.1, 0.15) is 109 Å². The second kappa shape index (κ2) is 19.7. The second-order valence-corrected chi connectivity index (χ2v) is 6.35. The molecule has 0 unspecified atom stereocenters. The van der Waals surface area contributed by atoms with Crippen molar-refractivity contribution in [2.24, 2.45) is 0 Å². The summed E-state index contributed by atoms with van der Waals surface area (Å²) in [7, 11) is 0. The lowest BCUT2D eigenvalue weighted by molar-refractivity contribution is 0.570. The zero-order valence-electron chi connectivity index (χ0n) is 14.6. The van der Waals surface area contributed by atoms with Crippen LogP contribution in [0.4, 0.5) is 0 Å². The summed E-state index contributed by atoms with van der Waals surface area (Å²) in [6.07, 6.45) is 27.7. The number of allylic oxidation sites excluding steroid dienone is 2. The Morgan fingerprint density at radius 1 is 0.381 bits per heavy atom. The van der Waals surface area contributed by atoms with Crippen LogP contribution >= 0.6 is 0 Å². The molecule has 0 bridgehead atoms. The molecule has 0 aromatic heterocycles. The van der Waals surface area contributed by atoms with Gasteiger partial charge in [-0.2, -0.15) is 0 Å². The minimum Gasteiger partial charge on any atom is -0.0885 e. The van der Waals surface area contributed by atoms with Gasteiger partial charge in [-0.15, -0.1) is 0 Å². The van der Waals surface area contributed by atoms with Gasteiger partial charge in [0.1, 0.15) is 0 Å². The lowest BCUT2D eigenvalue weighted by Crippen LogP contribution is -1.81. The van der Waals surface area contributed by atoms with Crippen molar-refractivity contribution >= 4 is 0 Å². The van der Waals surface area contributed by atoms with Crippen molar-refractivity contribution in [3.8, 4) is 0 Å². The summed E-state index contributed by atoms with van der Waals surface area (Å²) in [6, 6.07) is 0. The van der Waals surface area contributed by atoms with Crippen LogP contribution in [0, 0.1) is 13.8 Å². The van der Waals surface area contributed by atoms with E-state index in [1.54, 1.807) is 0 Å². The average Bonchev–Trinajstić information content (AvgIpc) is 2.50. The van der Waals surface area contributed by atoms with E-state index in [2.05, 4.69) is 26.0 Å². The summed E-state index contributed by atoms with van der Waals surface area (Å²) >= 11 is 0. The summed E-state index contributed by atoms with van der Waals surface area (Å²) in [5.74, 6) is 0. The first kappa shape index (κ1) is 20.7. The molecule has 0 aliphatic carbocycles. The summed E-state index contributed by atoms with van der Waals surface area (Å²) in [4.78, 5) is 0. The van der Waals surface area contributed by atoms with Gasteiger partial charge >= 0.3 is 0 Å². The molecule has 0 atom stereocenters. The molecule has 0 heteroatoms. The number of rotatable bonds is 17. The third-order valence-electron chi connectivity index (χ3n) is 4.16. The van der Waals surface area contributed by atoms with Crippen molar-refractivity contribution in [2.75, 3.05) is 0 Å². The van der Waals surface area contributed by atoms with Gasteiger partial charge in [0, 0.05) is 0 Å². The molecule has 0 nitrogen and oxygen atoms in total. The SMILES string of the molecule is [CH2]CCCCCCC/C=C/CCCCCCCCCC[CH2]. The Labute approximate surface area is 135 Å². The van der Waals surface area contributed by atoms with Gasteiger partial charge in [0.15, 0.2) is 0 Å². The van der Waals surface area contributed by atoms with Gasteiger partial charge in [0.25, 0.3) is 0 Å². The van der Waals surface area contributed by atoms with Gasteiger partial charge in [-0.1, -0.05) is 109 Å². The molecule has 0 rings (SSSR count). The first-order valence-corrected chi connectivity index (χ1v) is 9.65. The van der Waals surface area contributed by atoms with Crippen molar-refractivity contribution in [3.63, 3.8) is 0 Å². The van der Waals surface area contributed by atoms with E-state index >= 15 is 0 Å². The monoisotopic (exact) mass is 292 g/mol. The standard InChI is InChI=1S/C21H40/c1-3-5-7-9-11-13-15-17-19-21-20-18-16-14-12-10-8-6-4-2/h17,19H,1-16,18,20-21H2/b19-17+. The Hall–Kier alpha value is -0.260. The van der Waals surface area contributed by atoms with E-state index in [9.17, 15) is 0 Å². The zero-order valence-corrected chi connectivity index (χ0v) is 14.6. The molecule has 0 spiro atoms. The first-order chi connectivity index (χ1) is 10.4. The molecule has 0 N–H and O–H groups in total. The summed E-state index contributed by atoms with van der Waals surface area (Å²) < 4.78 is 0. The second-order valence-electron chi connectivity index (χ2n) is 6.35. The number of unbranched alkanes of at least 4 members (excludes halogenated alkanes) is 15. The highest BCUT2D eigenvalue weighted by Crippen LogP contribution is 2.11. The van der Waals surface area contributed by atoms with Crippen molar-refractivity contribution in [1.29, 1.82) is 0 Å². The topological polar surface area (TPSA) is 0 Å². The molecule has 0 saturated carbocycles. The first-order valence-electron chi connectivity index (χ1n) is 9.65. The molecular formula is C21H40. The van der Waals surface area contributed by atoms with Gasteiger partial charge in [0.2, 0.25) is 0 Å². The molecule has 0 heterocycles. The van der Waals surface area contributed by atoms with Crippen molar-refractivity contribution in [1.82, 2.24) is 0 Å². The van der Waals surface area contributed by atoms with E-state index in [0.717, 1.165) is 12.8 Å². The van der Waals surface area contributed by atoms with Crippen LogP contribution in [-0.2, 0) is 0 Å². The largest absolute Gasteiger partial charge is 0.0885 e. The molecule has 0 aliphatic rings. The average molecular weight is 293 g/mol. The molecule has 0 fully saturated rings. The molecule has 124 valence electrons. The highest BCUT2D eigenvalue weighted by molar-refractivity contribution is 4.81. The van der Waals surface area contributed by atoms with Gasteiger partial charge in [-0.05, 0) is 25.7 Å². The predicted octanol–water partition coefficient (Wildman–Crippen LogP) is 7.84. The Morgan fingerprint density at radius 3 is 1.00 bits per heavy atom. The maximum absolute atomic E-state index is 3.89. The highest BCUT2D eigenvalue weighted by Gasteiger charge is 1.91. The summed E-state index contributed by atoms with van der Waals surface area (Å²) in [5.41, 5.74) is 0. The molecule has 0 amide bonds. The Kier molecular flexibility index (Phi) is 19.5. The quantitative estimate of drug-likeness (QED) is 0.189. The summed E-state index contributed by atoms with van der Waals surface area (Å²) in [5, 5.41) is 0. The normalized spacial score (nSPS) is 11.5. The molecule has 0 aromatic carbocycles. The Morgan fingerprint density at radius 2 is 0.667 bits per heavy atom. The third-order valence-corrected chi connectivity index (χ3v) is 4.16.